The maximum atomic E-state index is 4.91. The number of aromatic amines is 1. The van der Waals surface area contributed by atoms with Gasteiger partial charge in [0.25, 0.3) is 0 Å². The molecule has 2 aromatic heterocycles. The first-order valence-electron chi connectivity index (χ1n) is 11.1. The van der Waals surface area contributed by atoms with Crippen LogP contribution in [0.4, 0.5) is 0 Å². The molecular formula is C24H34IN5S. The monoisotopic (exact) mass is 551 g/mol. The normalized spacial score (nSPS) is 17.5. The zero-order valence-electron chi connectivity index (χ0n) is 18.3. The van der Waals surface area contributed by atoms with Gasteiger partial charge in [-0.1, -0.05) is 24.3 Å². The van der Waals surface area contributed by atoms with E-state index in [1.54, 1.807) is 0 Å². The minimum absolute atomic E-state index is 0. The van der Waals surface area contributed by atoms with Gasteiger partial charge in [0.15, 0.2) is 5.96 Å². The smallest absolute Gasteiger partial charge is 0.191 e. The summed E-state index contributed by atoms with van der Waals surface area (Å²) in [6.07, 6.45) is 5.66. The van der Waals surface area contributed by atoms with Crippen LogP contribution < -0.4 is 10.6 Å². The third-order valence-electron chi connectivity index (χ3n) is 5.78. The van der Waals surface area contributed by atoms with Crippen molar-refractivity contribution >= 4 is 52.2 Å². The summed E-state index contributed by atoms with van der Waals surface area (Å²) in [6.45, 7) is 8.22. The molecule has 31 heavy (non-hydrogen) atoms. The van der Waals surface area contributed by atoms with E-state index in [1.165, 1.54) is 40.7 Å². The van der Waals surface area contributed by atoms with Gasteiger partial charge in [0.2, 0.25) is 0 Å². The molecule has 3 N–H and O–H groups in total. The number of halogens is 1. The van der Waals surface area contributed by atoms with Crippen LogP contribution >= 0.6 is 35.3 Å². The number of para-hydroxylation sites is 1. The van der Waals surface area contributed by atoms with Crippen molar-refractivity contribution in [3.8, 4) is 0 Å². The van der Waals surface area contributed by atoms with Crippen LogP contribution in [0.3, 0.4) is 0 Å². The van der Waals surface area contributed by atoms with E-state index in [1.807, 2.05) is 11.3 Å². The van der Waals surface area contributed by atoms with E-state index in [9.17, 15) is 0 Å². The lowest BCUT2D eigenvalue weighted by Crippen LogP contribution is -2.40. The van der Waals surface area contributed by atoms with Gasteiger partial charge in [-0.2, -0.15) is 0 Å². The molecule has 0 bridgehead atoms. The zero-order valence-corrected chi connectivity index (χ0v) is 21.4. The minimum atomic E-state index is 0. The van der Waals surface area contributed by atoms with Crippen LogP contribution in [0.1, 0.15) is 30.2 Å². The number of H-pyrrole nitrogens is 1. The van der Waals surface area contributed by atoms with Crippen LogP contribution in [0.2, 0.25) is 0 Å². The summed E-state index contributed by atoms with van der Waals surface area (Å²) in [4.78, 5) is 12.3. The van der Waals surface area contributed by atoms with Gasteiger partial charge in [0.1, 0.15) is 0 Å². The second-order valence-electron chi connectivity index (χ2n) is 8.08. The predicted octanol–water partition coefficient (Wildman–Crippen LogP) is 4.86. The Balaban J connectivity index is 0.00000272. The van der Waals surface area contributed by atoms with E-state index >= 15 is 0 Å². The summed E-state index contributed by atoms with van der Waals surface area (Å²) in [5.74, 6) is 1.58. The molecule has 1 aliphatic rings. The lowest BCUT2D eigenvalue weighted by molar-refractivity contribution is 0.172. The highest BCUT2D eigenvalue weighted by Crippen LogP contribution is 2.21. The minimum Gasteiger partial charge on any atom is -0.361 e. The van der Waals surface area contributed by atoms with Gasteiger partial charge in [0, 0.05) is 54.7 Å². The van der Waals surface area contributed by atoms with Gasteiger partial charge in [-0.25, -0.2) is 0 Å². The topological polar surface area (TPSA) is 55.5 Å². The first-order valence-corrected chi connectivity index (χ1v) is 12.0. The fraction of sp³-hybridized carbons (Fsp3) is 0.458. The number of nitrogens with one attached hydrogen (secondary N) is 3. The van der Waals surface area contributed by atoms with Crippen molar-refractivity contribution in [1.82, 2.24) is 20.5 Å². The summed E-state index contributed by atoms with van der Waals surface area (Å²) in [5.41, 5.74) is 2.56. The first kappa shape index (κ1) is 24.1. The number of piperidine rings is 1. The Bertz CT molecular complexity index is 937. The molecule has 0 amide bonds. The van der Waals surface area contributed by atoms with Crippen LogP contribution in [-0.2, 0) is 13.0 Å². The molecule has 3 heterocycles. The fourth-order valence-electron chi connectivity index (χ4n) is 4.28. The van der Waals surface area contributed by atoms with E-state index in [0.29, 0.717) is 5.92 Å². The highest BCUT2D eigenvalue weighted by Gasteiger charge is 2.20. The molecule has 1 unspecified atom stereocenters. The Kier molecular flexibility index (Phi) is 9.67. The molecule has 5 nitrogen and oxygen atoms in total. The average Bonchev–Trinajstić information content (AvgIpc) is 3.42. The number of benzene rings is 1. The molecule has 1 atom stereocenters. The molecule has 7 heteroatoms. The number of rotatable bonds is 8. The Morgan fingerprint density at radius 3 is 2.97 bits per heavy atom. The van der Waals surface area contributed by atoms with Crippen molar-refractivity contribution in [2.24, 2.45) is 10.9 Å². The summed E-state index contributed by atoms with van der Waals surface area (Å²) in [7, 11) is 0. The Hall–Kier alpha value is -1.58. The number of likely N-dealkylation sites (tertiary alicyclic amines) is 1. The number of aliphatic imine (C=N–C) groups is 1. The largest absolute Gasteiger partial charge is 0.361 e. The van der Waals surface area contributed by atoms with Gasteiger partial charge in [0.05, 0.1) is 0 Å². The van der Waals surface area contributed by atoms with Crippen LogP contribution in [0, 0.1) is 5.92 Å². The molecule has 1 saturated heterocycles. The molecular weight excluding hydrogens is 517 g/mol. The number of nitrogens with zero attached hydrogens (tertiary/aromatic N) is 2. The van der Waals surface area contributed by atoms with E-state index in [2.05, 4.69) is 75.4 Å². The Labute approximate surface area is 206 Å². The molecule has 0 aliphatic carbocycles. The van der Waals surface area contributed by atoms with Crippen LogP contribution in [0.5, 0.6) is 0 Å². The van der Waals surface area contributed by atoms with E-state index in [-0.39, 0.29) is 24.0 Å². The number of hydrogen-bond acceptors (Lipinski definition) is 3. The molecule has 1 aromatic carbocycles. The van der Waals surface area contributed by atoms with Crippen LogP contribution in [-0.4, -0.2) is 48.6 Å². The lowest BCUT2D eigenvalue weighted by atomic mass is 9.98. The number of fused-ring (bicyclic) bond motifs is 1. The second-order valence-corrected chi connectivity index (χ2v) is 9.11. The molecule has 0 radical (unpaired) electrons. The Morgan fingerprint density at radius 2 is 2.13 bits per heavy atom. The number of guanidine groups is 1. The first-order chi connectivity index (χ1) is 14.8. The van der Waals surface area contributed by atoms with Crippen LogP contribution in [0.25, 0.3) is 10.9 Å². The highest BCUT2D eigenvalue weighted by molar-refractivity contribution is 14.0. The molecule has 168 valence electrons. The van der Waals surface area contributed by atoms with E-state index in [0.717, 1.165) is 45.1 Å². The SMILES string of the molecule is CCNC(=NCC1CCCN(Cc2cccs2)C1)NCCc1c[nH]c2ccccc12.I. The third kappa shape index (κ3) is 6.95. The van der Waals surface area contributed by atoms with Crippen molar-refractivity contribution in [2.45, 2.75) is 32.7 Å². The standard InChI is InChI=1S/C24H33N5S.HI/c1-2-25-24(26-12-11-20-16-27-23-10-4-3-9-22(20)23)28-15-19-7-5-13-29(17-19)18-21-8-6-14-30-21;/h3-4,6,8-10,14,16,19,27H,2,5,7,11-13,15,17-18H2,1H3,(H2,25,26,28);1H. The molecule has 3 aromatic rings. The summed E-state index contributed by atoms with van der Waals surface area (Å²) in [5, 5.41) is 10.4. The number of thiophene rings is 1. The van der Waals surface area contributed by atoms with Crippen molar-refractivity contribution in [3.63, 3.8) is 0 Å². The van der Waals surface area contributed by atoms with Crippen molar-refractivity contribution in [3.05, 3.63) is 58.4 Å². The quantitative estimate of drug-likeness (QED) is 0.213. The van der Waals surface area contributed by atoms with Gasteiger partial charge < -0.3 is 15.6 Å². The molecule has 0 spiro atoms. The van der Waals surface area contributed by atoms with Crippen molar-refractivity contribution in [1.29, 1.82) is 0 Å². The summed E-state index contributed by atoms with van der Waals surface area (Å²) < 4.78 is 0. The second kappa shape index (κ2) is 12.5. The van der Waals surface area contributed by atoms with Crippen molar-refractivity contribution in [2.75, 3.05) is 32.7 Å². The van der Waals surface area contributed by atoms with Gasteiger partial charge >= 0.3 is 0 Å². The number of hydrogen-bond donors (Lipinski definition) is 3. The van der Waals surface area contributed by atoms with Gasteiger partial charge in [-0.15, -0.1) is 35.3 Å². The highest BCUT2D eigenvalue weighted by atomic mass is 127. The summed E-state index contributed by atoms with van der Waals surface area (Å²) in [6, 6.07) is 12.9. The summed E-state index contributed by atoms with van der Waals surface area (Å²) >= 11 is 1.86. The zero-order chi connectivity index (χ0) is 20.6. The van der Waals surface area contributed by atoms with E-state index < -0.39 is 0 Å². The van der Waals surface area contributed by atoms with Crippen molar-refractivity contribution < 1.29 is 0 Å². The van der Waals surface area contributed by atoms with E-state index in [4.69, 9.17) is 4.99 Å². The maximum absolute atomic E-state index is 4.91. The molecule has 1 fully saturated rings. The van der Waals surface area contributed by atoms with Crippen LogP contribution in [0.15, 0.2) is 53.0 Å². The average molecular weight is 552 g/mol. The van der Waals surface area contributed by atoms with Gasteiger partial charge in [-0.05, 0) is 61.7 Å². The molecule has 1 aliphatic heterocycles. The van der Waals surface area contributed by atoms with Gasteiger partial charge in [-0.3, -0.25) is 9.89 Å². The fourth-order valence-corrected chi connectivity index (χ4v) is 5.03. The predicted molar refractivity (Wildman–Crippen MR) is 144 cm³/mol. The lowest BCUT2D eigenvalue weighted by Gasteiger charge is -2.31. The molecule has 4 rings (SSSR count). The Morgan fingerprint density at radius 1 is 1.23 bits per heavy atom. The number of aromatic nitrogens is 1. The third-order valence-corrected chi connectivity index (χ3v) is 6.64. The molecule has 0 saturated carbocycles. The maximum Gasteiger partial charge on any atom is 0.191 e.